The molecule has 4 nitrogen and oxygen atoms in total. The first-order valence-corrected chi connectivity index (χ1v) is 7.59. The summed E-state index contributed by atoms with van der Waals surface area (Å²) in [5.41, 5.74) is 5.25. The van der Waals surface area contributed by atoms with Gasteiger partial charge in [0.2, 0.25) is 0 Å². The van der Waals surface area contributed by atoms with Crippen molar-refractivity contribution in [1.82, 2.24) is 9.78 Å². The van der Waals surface area contributed by atoms with Gasteiger partial charge in [-0.05, 0) is 49.1 Å². The van der Waals surface area contributed by atoms with Gasteiger partial charge >= 0.3 is 0 Å². The molecule has 0 fully saturated rings. The number of nitrogens with one attached hydrogen (secondary N) is 1. The maximum Gasteiger partial charge on any atom is 0.168 e. The smallest absolute Gasteiger partial charge is 0.168 e. The number of Topliss-reactive ketones (excluding diaryl/α,β-unsaturated/α-hetero) is 1. The fourth-order valence-corrected chi connectivity index (χ4v) is 2.82. The third-order valence-corrected chi connectivity index (χ3v) is 4.10. The van der Waals surface area contributed by atoms with Crippen molar-refractivity contribution in [3.05, 3.63) is 46.8 Å². The minimum atomic E-state index is 0.161. The van der Waals surface area contributed by atoms with Gasteiger partial charge in [0.15, 0.2) is 5.78 Å². The SMILES string of the molecule is CCc1cc(CC(=O)c2ccc3c(c2)CCCN3)n(C)n1. The molecule has 4 heteroatoms. The molecule has 0 amide bonds. The molecule has 0 spiro atoms. The first kappa shape index (κ1) is 13.9. The first-order valence-electron chi connectivity index (χ1n) is 7.59. The number of hydrogen-bond acceptors (Lipinski definition) is 3. The lowest BCUT2D eigenvalue weighted by molar-refractivity contribution is 0.0990. The van der Waals surface area contributed by atoms with E-state index in [-0.39, 0.29) is 5.78 Å². The number of aromatic nitrogens is 2. The summed E-state index contributed by atoms with van der Waals surface area (Å²) in [7, 11) is 1.90. The summed E-state index contributed by atoms with van der Waals surface area (Å²) in [6.45, 7) is 3.10. The van der Waals surface area contributed by atoms with E-state index in [0.29, 0.717) is 6.42 Å². The predicted octanol–water partition coefficient (Wildman–Crippen LogP) is 2.77. The van der Waals surface area contributed by atoms with Crippen LogP contribution in [0, 0.1) is 0 Å². The van der Waals surface area contributed by atoms with Crippen LogP contribution in [0.25, 0.3) is 0 Å². The number of nitrogens with zero attached hydrogens (tertiary/aromatic N) is 2. The molecular formula is C17H21N3O. The highest BCUT2D eigenvalue weighted by atomic mass is 16.1. The van der Waals surface area contributed by atoms with Crippen LogP contribution in [0.4, 0.5) is 5.69 Å². The van der Waals surface area contributed by atoms with Crippen molar-refractivity contribution in [1.29, 1.82) is 0 Å². The molecule has 3 rings (SSSR count). The van der Waals surface area contributed by atoms with Crippen LogP contribution < -0.4 is 5.32 Å². The Morgan fingerprint density at radius 2 is 2.24 bits per heavy atom. The second kappa shape index (κ2) is 5.72. The Morgan fingerprint density at radius 1 is 1.38 bits per heavy atom. The molecule has 1 aromatic carbocycles. The number of ketones is 1. The minimum Gasteiger partial charge on any atom is -0.385 e. The second-order valence-corrected chi connectivity index (χ2v) is 5.61. The monoisotopic (exact) mass is 283 g/mol. The van der Waals surface area contributed by atoms with Gasteiger partial charge in [-0.3, -0.25) is 9.48 Å². The van der Waals surface area contributed by atoms with Crippen LogP contribution in [0.3, 0.4) is 0 Å². The Kier molecular flexibility index (Phi) is 3.78. The standard InChI is InChI=1S/C17H21N3O/c1-3-14-10-15(20(2)19-14)11-17(21)13-6-7-16-12(9-13)5-4-8-18-16/h6-7,9-10,18H,3-5,8,11H2,1-2H3. The molecule has 110 valence electrons. The second-order valence-electron chi connectivity index (χ2n) is 5.61. The van der Waals surface area contributed by atoms with Crippen LogP contribution in [0.2, 0.25) is 0 Å². The lowest BCUT2D eigenvalue weighted by Crippen LogP contribution is -2.13. The van der Waals surface area contributed by atoms with Crippen molar-refractivity contribution in [2.75, 3.05) is 11.9 Å². The molecule has 0 bridgehead atoms. The van der Waals surface area contributed by atoms with E-state index in [1.54, 1.807) is 0 Å². The van der Waals surface area contributed by atoms with Crippen molar-refractivity contribution >= 4 is 11.5 Å². The quantitative estimate of drug-likeness (QED) is 0.878. The first-order chi connectivity index (χ1) is 10.2. The maximum absolute atomic E-state index is 12.5. The molecule has 2 aromatic rings. The van der Waals surface area contributed by atoms with Crippen molar-refractivity contribution in [3.63, 3.8) is 0 Å². The van der Waals surface area contributed by atoms with Crippen molar-refractivity contribution in [3.8, 4) is 0 Å². The van der Waals surface area contributed by atoms with Crippen LogP contribution >= 0.6 is 0 Å². The molecule has 0 radical (unpaired) electrons. The average molecular weight is 283 g/mol. The van der Waals surface area contributed by atoms with Crippen LogP contribution in [0.5, 0.6) is 0 Å². The van der Waals surface area contributed by atoms with Gasteiger partial charge in [0, 0.05) is 30.5 Å². The zero-order valence-electron chi connectivity index (χ0n) is 12.6. The highest BCUT2D eigenvalue weighted by molar-refractivity contribution is 5.98. The molecule has 2 heterocycles. The van der Waals surface area contributed by atoms with Crippen molar-refractivity contribution < 1.29 is 4.79 Å². The summed E-state index contributed by atoms with van der Waals surface area (Å²) in [5.74, 6) is 0.161. The van der Waals surface area contributed by atoms with Gasteiger partial charge in [-0.15, -0.1) is 0 Å². The molecule has 0 unspecified atom stereocenters. The highest BCUT2D eigenvalue weighted by Gasteiger charge is 2.14. The number of carbonyl (C=O) groups excluding carboxylic acids is 1. The summed E-state index contributed by atoms with van der Waals surface area (Å²) >= 11 is 0. The maximum atomic E-state index is 12.5. The number of rotatable bonds is 4. The van der Waals surface area contributed by atoms with Crippen LogP contribution in [-0.2, 0) is 26.3 Å². The zero-order valence-corrected chi connectivity index (χ0v) is 12.6. The topological polar surface area (TPSA) is 46.9 Å². The van der Waals surface area contributed by atoms with Gasteiger partial charge in [0.25, 0.3) is 0 Å². The van der Waals surface area contributed by atoms with Crippen molar-refractivity contribution in [2.24, 2.45) is 7.05 Å². The molecule has 0 aliphatic carbocycles. The van der Waals surface area contributed by atoms with Gasteiger partial charge in [-0.2, -0.15) is 5.10 Å². The summed E-state index contributed by atoms with van der Waals surface area (Å²) < 4.78 is 1.82. The van der Waals surface area contributed by atoms with Crippen LogP contribution in [-0.4, -0.2) is 22.1 Å². The summed E-state index contributed by atoms with van der Waals surface area (Å²) in [6.07, 6.45) is 3.49. The van der Waals surface area contributed by atoms with Gasteiger partial charge in [-0.25, -0.2) is 0 Å². The Morgan fingerprint density at radius 3 is 3.00 bits per heavy atom. The van der Waals surface area contributed by atoms with Crippen LogP contribution in [0.1, 0.15) is 40.7 Å². The van der Waals surface area contributed by atoms with Gasteiger partial charge in [0.1, 0.15) is 0 Å². The lowest BCUT2D eigenvalue weighted by Gasteiger charge is -2.18. The van der Waals surface area contributed by atoms with E-state index >= 15 is 0 Å². The van der Waals surface area contributed by atoms with E-state index in [9.17, 15) is 4.79 Å². The third kappa shape index (κ3) is 2.84. The molecule has 0 saturated carbocycles. The molecule has 1 N–H and O–H groups in total. The predicted molar refractivity (Wildman–Crippen MR) is 83.9 cm³/mol. The van der Waals surface area contributed by atoms with E-state index in [0.717, 1.165) is 42.8 Å². The lowest BCUT2D eigenvalue weighted by atomic mass is 9.98. The zero-order chi connectivity index (χ0) is 14.8. The number of aryl methyl sites for hydroxylation is 3. The van der Waals surface area contributed by atoms with E-state index < -0.39 is 0 Å². The summed E-state index contributed by atoms with van der Waals surface area (Å²) in [6, 6.07) is 8.03. The molecule has 0 saturated heterocycles. The Balaban J connectivity index is 1.80. The highest BCUT2D eigenvalue weighted by Crippen LogP contribution is 2.23. The number of fused-ring (bicyclic) bond motifs is 1. The summed E-state index contributed by atoms with van der Waals surface area (Å²) in [5, 5.41) is 7.77. The third-order valence-electron chi connectivity index (χ3n) is 4.10. The van der Waals surface area contributed by atoms with Crippen LogP contribution in [0.15, 0.2) is 24.3 Å². The molecule has 21 heavy (non-hydrogen) atoms. The fraction of sp³-hybridized carbons (Fsp3) is 0.412. The summed E-state index contributed by atoms with van der Waals surface area (Å²) in [4.78, 5) is 12.5. The van der Waals surface area contributed by atoms with E-state index in [1.807, 2.05) is 36.0 Å². The van der Waals surface area contributed by atoms with E-state index in [1.165, 1.54) is 11.3 Å². The average Bonchev–Trinajstić information content (AvgIpc) is 2.87. The number of anilines is 1. The molecule has 1 aliphatic heterocycles. The fourth-order valence-electron chi connectivity index (χ4n) is 2.82. The molecule has 1 aromatic heterocycles. The largest absolute Gasteiger partial charge is 0.385 e. The Bertz CT molecular complexity index is 673. The Labute approximate surface area is 125 Å². The van der Waals surface area contributed by atoms with E-state index in [2.05, 4.69) is 17.3 Å². The van der Waals surface area contributed by atoms with Crippen molar-refractivity contribution in [2.45, 2.75) is 32.6 Å². The number of carbonyl (C=O) groups is 1. The molecule has 1 aliphatic rings. The number of benzene rings is 1. The normalized spacial score (nSPS) is 13.6. The molecular weight excluding hydrogens is 262 g/mol. The van der Waals surface area contributed by atoms with Gasteiger partial charge in [-0.1, -0.05) is 6.92 Å². The Hall–Kier alpha value is -2.10. The van der Waals surface area contributed by atoms with Gasteiger partial charge in [0.05, 0.1) is 12.1 Å². The minimum absolute atomic E-state index is 0.161. The van der Waals surface area contributed by atoms with Gasteiger partial charge < -0.3 is 5.32 Å². The number of hydrogen-bond donors (Lipinski definition) is 1. The molecule has 0 atom stereocenters. The van der Waals surface area contributed by atoms with E-state index in [4.69, 9.17) is 0 Å².